The van der Waals surface area contributed by atoms with Gasteiger partial charge in [0.15, 0.2) is 0 Å². The van der Waals surface area contributed by atoms with Crippen LogP contribution in [0.3, 0.4) is 0 Å². The predicted octanol–water partition coefficient (Wildman–Crippen LogP) is 2.03. The van der Waals surface area contributed by atoms with Crippen molar-refractivity contribution in [2.45, 2.75) is 31.9 Å². The van der Waals surface area contributed by atoms with Crippen molar-refractivity contribution in [2.75, 3.05) is 32.7 Å². The number of nitriles is 1. The molecule has 114 valence electrons. The molecule has 1 aromatic rings. The third-order valence-corrected chi connectivity index (χ3v) is 3.93. The van der Waals surface area contributed by atoms with E-state index in [-0.39, 0.29) is 6.04 Å². The Morgan fingerprint density at radius 1 is 1.19 bits per heavy atom. The Bertz CT molecular complexity index is 467. The molecular formula is C17H25N3O. The molecule has 21 heavy (non-hydrogen) atoms. The van der Waals surface area contributed by atoms with E-state index >= 15 is 0 Å². The molecule has 0 aliphatic carbocycles. The number of benzene rings is 1. The molecule has 1 aromatic carbocycles. The van der Waals surface area contributed by atoms with Crippen LogP contribution in [0.5, 0.6) is 0 Å². The molecule has 1 heterocycles. The fraction of sp³-hybridized carbons (Fsp3) is 0.588. The van der Waals surface area contributed by atoms with E-state index in [1.807, 2.05) is 32.0 Å². The fourth-order valence-electron chi connectivity index (χ4n) is 3.00. The summed E-state index contributed by atoms with van der Waals surface area (Å²) >= 11 is 0. The number of aliphatic hydroxyl groups is 1. The maximum absolute atomic E-state index is 9.91. The molecule has 1 unspecified atom stereocenters. The lowest BCUT2D eigenvalue weighted by Crippen LogP contribution is -2.51. The summed E-state index contributed by atoms with van der Waals surface area (Å²) in [6, 6.07) is 12.8. The lowest BCUT2D eigenvalue weighted by atomic mass is 10.0. The lowest BCUT2D eigenvalue weighted by Gasteiger charge is -2.40. The predicted molar refractivity (Wildman–Crippen MR) is 83.7 cm³/mol. The Labute approximate surface area is 127 Å². The molecule has 4 nitrogen and oxygen atoms in total. The SMILES string of the molecule is CC(C)(O)CN1CCN(C(CC#N)c2ccccc2)CC1. The van der Waals surface area contributed by atoms with Gasteiger partial charge in [0, 0.05) is 38.8 Å². The fourth-order valence-corrected chi connectivity index (χ4v) is 3.00. The van der Waals surface area contributed by atoms with Gasteiger partial charge in [0.25, 0.3) is 0 Å². The van der Waals surface area contributed by atoms with Gasteiger partial charge in [-0.25, -0.2) is 0 Å². The highest BCUT2D eigenvalue weighted by atomic mass is 16.3. The molecule has 1 saturated heterocycles. The van der Waals surface area contributed by atoms with Gasteiger partial charge in [-0.2, -0.15) is 5.26 Å². The van der Waals surface area contributed by atoms with Crippen molar-refractivity contribution < 1.29 is 5.11 Å². The normalized spacial score (nSPS) is 19.1. The van der Waals surface area contributed by atoms with Crippen molar-refractivity contribution in [3.8, 4) is 6.07 Å². The minimum atomic E-state index is -0.645. The zero-order valence-corrected chi connectivity index (χ0v) is 13.0. The highest BCUT2D eigenvalue weighted by Gasteiger charge is 2.27. The van der Waals surface area contributed by atoms with Gasteiger partial charge in [-0.3, -0.25) is 9.80 Å². The summed E-state index contributed by atoms with van der Waals surface area (Å²) < 4.78 is 0. The number of β-amino-alcohol motifs (C(OH)–C–C–N with tert-alkyl or cyclic N) is 1. The van der Waals surface area contributed by atoms with E-state index in [4.69, 9.17) is 5.26 Å². The molecule has 1 N–H and O–H groups in total. The van der Waals surface area contributed by atoms with E-state index in [9.17, 15) is 5.11 Å². The van der Waals surface area contributed by atoms with Crippen molar-refractivity contribution in [1.82, 2.24) is 9.80 Å². The minimum absolute atomic E-state index is 0.181. The Balaban J connectivity index is 1.97. The van der Waals surface area contributed by atoms with Crippen LogP contribution in [0, 0.1) is 11.3 Å². The Morgan fingerprint density at radius 3 is 2.33 bits per heavy atom. The van der Waals surface area contributed by atoms with Gasteiger partial charge in [0.2, 0.25) is 0 Å². The number of nitrogens with zero attached hydrogens (tertiary/aromatic N) is 3. The Morgan fingerprint density at radius 2 is 1.81 bits per heavy atom. The Hall–Kier alpha value is -1.41. The summed E-state index contributed by atoms with van der Waals surface area (Å²) in [5.74, 6) is 0. The summed E-state index contributed by atoms with van der Waals surface area (Å²) in [4.78, 5) is 4.68. The third-order valence-electron chi connectivity index (χ3n) is 3.93. The molecule has 2 rings (SSSR count). The zero-order valence-electron chi connectivity index (χ0n) is 13.0. The van der Waals surface area contributed by atoms with Gasteiger partial charge in [-0.1, -0.05) is 30.3 Å². The van der Waals surface area contributed by atoms with Crippen LogP contribution in [-0.2, 0) is 0 Å². The highest BCUT2D eigenvalue weighted by Crippen LogP contribution is 2.25. The van der Waals surface area contributed by atoms with E-state index < -0.39 is 5.60 Å². The first kappa shape index (κ1) is 16.0. The van der Waals surface area contributed by atoms with E-state index in [2.05, 4.69) is 28.0 Å². The average molecular weight is 287 g/mol. The van der Waals surface area contributed by atoms with E-state index in [0.29, 0.717) is 13.0 Å². The van der Waals surface area contributed by atoms with Gasteiger partial charge in [-0.05, 0) is 19.4 Å². The summed E-state index contributed by atoms with van der Waals surface area (Å²) in [6.45, 7) is 8.17. The molecule has 0 aromatic heterocycles. The Kier molecular flexibility index (Phi) is 5.35. The second-order valence-corrected chi connectivity index (χ2v) is 6.41. The molecule has 1 atom stereocenters. The quantitative estimate of drug-likeness (QED) is 0.900. The number of piperazine rings is 1. The third kappa shape index (κ3) is 4.82. The first-order chi connectivity index (χ1) is 9.99. The molecule has 0 saturated carbocycles. The van der Waals surface area contributed by atoms with Crippen LogP contribution in [0.4, 0.5) is 0 Å². The molecule has 4 heteroatoms. The lowest BCUT2D eigenvalue weighted by molar-refractivity contribution is 0.0110. The average Bonchev–Trinajstić information content (AvgIpc) is 2.45. The van der Waals surface area contributed by atoms with Crippen molar-refractivity contribution >= 4 is 0 Å². The van der Waals surface area contributed by atoms with Crippen molar-refractivity contribution in [3.05, 3.63) is 35.9 Å². The van der Waals surface area contributed by atoms with E-state index in [1.54, 1.807) is 0 Å². The standard InChI is InChI=1S/C17H25N3O/c1-17(2,21)14-19-10-12-20(13-11-19)16(8-9-18)15-6-4-3-5-7-15/h3-7,16,21H,8,10-14H2,1-2H3. The second kappa shape index (κ2) is 7.04. The van der Waals surface area contributed by atoms with Gasteiger partial charge in [-0.15, -0.1) is 0 Å². The van der Waals surface area contributed by atoms with Crippen LogP contribution in [0.2, 0.25) is 0 Å². The highest BCUT2D eigenvalue weighted by molar-refractivity contribution is 5.20. The molecule has 0 spiro atoms. The summed E-state index contributed by atoms with van der Waals surface area (Å²) in [5.41, 5.74) is 0.572. The van der Waals surface area contributed by atoms with Crippen LogP contribution in [0.15, 0.2) is 30.3 Å². The maximum atomic E-state index is 9.91. The van der Waals surface area contributed by atoms with Crippen LogP contribution in [0.25, 0.3) is 0 Å². The van der Waals surface area contributed by atoms with Crippen LogP contribution in [-0.4, -0.2) is 53.2 Å². The van der Waals surface area contributed by atoms with Crippen LogP contribution in [0.1, 0.15) is 31.9 Å². The molecule has 0 radical (unpaired) electrons. The number of hydrogen-bond acceptors (Lipinski definition) is 4. The number of hydrogen-bond donors (Lipinski definition) is 1. The summed E-state index contributed by atoms with van der Waals surface area (Å²) in [7, 11) is 0. The van der Waals surface area contributed by atoms with Crippen LogP contribution >= 0.6 is 0 Å². The molecule has 1 aliphatic heterocycles. The van der Waals surface area contributed by atoms with E-state index in [0.717, 1.165) is 26.2 Å². The van der Waals surface area contributed by atoms with Crippen LogP contribution < -0.4 is 0 Å². The summed E-state index contributed by atoms with van der Waals surface area (Å²) in [6.07, 6.45) is 0.523. The maximum Gasteiger partial charge on any atom is 0.0718 e. The van der Waals surface area contributed by atoms with Crippen molar-refractivity contribution in [1.29, 1.82) is 5.26 Å². The van der Waals surface area contributed by atoms with E-state index in [1.165, 1.54) is 5.56 Å². The topological polar surface area (TPSA) is 50.5 Å². The van der Waals surface area contributed by atoms with Crippen molar-refractivity contribution in [2.24, 2.45) is 0 Å². The molecule has 0 bridgehead atoms. The molecular weight excluding hydrogens is 262 g/mol. The van der Waals surface area contributed by atoms with Gasteiger partial charge in [0.05, 0.1) is 18.1 Å². The number of rotatable bonds is 5. The molecule has 0 amide bonds. The smallest absolute Gasteiger partial charge is 0.0718 e. The largest absolute Gasteiger partial charge is 0.389 e. The van der Waals surface area contributed by atoms with Crippen molar-refractivity contribution in [3.63, 3.8) is 0 Å². The summed E-state index contributed by atoms with van der Waals surface area (Å²) in [5, 5.41) is 19.0. The molecule has 1 aliphatic rings. The first-order valence-electron chi connectivity index (χ1n) is 7.60. The zero-order chi connectivity index (χ0) is 15.3. The van der Waals surface area contributed by atoms with Gasteiger partial charge < -0.3 is 5.11 Å². The first-order valence-corrected chi connectivity index (χ1v) is 7.60. The van der Waals surface area contributed by atoms with Gasteiger partial charge in [0.1, 0.15) is 0 Å². The monoisotopic (exact) mass is 287 g/mol. The second-order valence-electron chi connectivity index (χ2n) is 6.41. The minimum Gasteiger partial charge on any atom is -0.389 e. The van der Waals surface area contributed by atoms with Gasteiger partial charge >= 0.3 is 0 Å². The molecule has 1 fully saturated rings.